The fourth-order valence-corrected chi connectivity index (χ4v) is 5.78. The lowest BCUT2D eigenvalue weighted by Gasteiger charge is -2.41. The summed E-state index contributed by atoms with van der Waals surface area (Å²) in [4.78, 5) is 19.8. The van der Waals surface area contributed by atoms with Crippen molar-refractivity contribution < 1.29 is 9.18 Å². The maximum absolute atomic E-state index is 14.5. The quantitative estimate of drug-likeness (QED) is 0.525. The summed E-state index contributed by atoms with van der Waals surface area (Å²) in [7, 11) is 0. The zero-order chi connectivity index (χ0) is 22.9. The lowest BCUT2D eigenvalue weighted by Crippen LogP contribution is -2.46. The molecule has 1 aromatic rings. The number of nitrogens with one attached hydrogen (secondary N) is 3. The molecular formula is C26H38FN5O. The number of nitrogens with zero attached hydrogens (tertiary/aromatic N) is 2. The van der Waals surface area contributed by atoms with Gasteiger partial charge >= 0.3 is 0 Å². The molecule has 180 valence electrons. The highest BCUT2D eigenvalue weighted by Crippen LogP contribution is 2.44. The first-order chi connectivity index (χ1) is 16.0. The van der Waals surface area contributed by atoms with Gasteiger partial charge in [-0.15, -0.1) is 0 Å². The van der Waals surface area contributed by atoms with Crippen LogP contribution in [0.4, 0.5) is 4.39 Å². The number of amides is 1. The minimum atomic E-state index is -0.877. The van der Waals surface area contributed by atoms with Gasteiger partial charge < -0.3 is 16.0 Å². The maximum atomic E-state index is 14.5. The Morgan fingerprint density at radius 3 is 2.58 bits per heavy atom. The van der Waals surface area contributed by atoms with Gasteiger partial charge in [-0.3, -0.25) is 14.7 Å². The van der Waals surface area contributed by atoms with Crippen molar-refractivity contribution in [1.29, 1.82) is 0 Å². The molecule has 3 fully saturated rings. The molecule has 2 aliphatic heterocycles. The molecule has 3 unspecified atom stereocenters. The van der Waals surface area contributed by atoms with Crippen LogP contribution in [-0.2, 0) is 6.54 Å². The zero-order valence-electron chi connectivity index (χ0n) is 19.9. The molecule has 5 rings (SSSR count). The Morgan fingerprint density at radius 2 is 1.94 bits per heavy atom. The predicted molar refractivity (Wildman–Crippen MR) is 129 cm³/mol. The van der Waals surface area contributed by atoms with Gasteiger partial charge in [-0.05, 0) is 93.0 Å². The Morgan fingerprint density at radius 1 is 1.18 bits per heavy atom. The Bertz CT molecular complexity index is 885. The third-order valence-corrected chi connectivity index (χ3v) is 7.94. The van der Waals surface area contributed by atoms with Gasteiger partial charge in [0.05, 0.1) is 6.54 Å². The molecule has 3 atom stereocenters. The number of likely N-dealkylation sites (N-methyl/N-ethyl adjacent to an activating group) is 1. The standard InChI is InChI=1S/C26H38FN5O/c1-3-32-16(2)22(8-9-23(32)27)20-12-17(15-30-26-28-10-11-29-26)13-21(14-20)25(33)31-24(18-4-5-18)19-6-7-19/h12-14,16,18-19,22-24H,3-11,15H2,1-2H3,(H,31,33)(H2,28,29,30). The maximum Gasteiger partial charge on any atom is 0.251 e. The Kier molecular flexibility index (Phi) is 6.59. The molecule has 0 spiro atoms. The molecule has 2 aliphatic carbocycles. The molecule has 2 heterocycles. The van der Waals surface area contributed by atoms with Gasteiger partial charge in [0, 0.05) is 30.7 Å². The molecule has 7 heteroatoms. The van der Waals surface area contributed by atoms with Gasteiger partial charge in [0.25, 0.3) is 5.91 Å². The molecule has 1 saturated heterocycles. The molecule has 2 saturated carbocycles. The fourth-order valence-electron chi connectivity index (χ4n) is 5.78. The highest BCUT2D eigenvalue weighted by molar-refractivity contribution is 5.95. The molecule has 0 aromatic heterocycles. The highest BCUT2D eigenvalue weighted by Gasteiger charge is 2.42. The van der Waals surface area contributed by atoms with Gasteiger partial charge in [0.15, 0.2) is 12.3 Å². The van der Waals surface area contributed by atoms with E-state index in [1.807, 2.05) is 17.9 Å². The number of hydrogen-bond acceptors (Lipinski definition) is 5. The topological polar surface area (TPSA) is 68.8 Å². The average Bonchev–Trinajstić information content (AvgIpc) is 3.75. The van der Waals surface area contributed by atoms with Gasteiger partial charge in [0.1, 0.15) is 0 Å². The number of carbonyl (C=O) groups excluding carboxylic acids is 1. The monoisotopic (exact) mass is 455 g/mol. The molecule has 6 nitrogen and oxygen atoms in total. The number of alkyl halides is 1. The van der Waals surface area contributed by atoms with Crippen LogP contribution in [0.2, 0.25) is 0 Å². The molecule has 4 aliphatic rings. The lowest BCUT2D eigenvalue weighted by molar-refractivity contribution is 0.00186. The molecule has 1 aromatic carbocycles. The molecule has 3 N–H and O–H groups in total. The minimum absolute atomic E-state index is 0.0393. The normalized spacial score (nSPS) is 27.9. The predicted octanol–water partition coefficient (Wildman–Crippen LogP) is 3.54. The number of carbonyl (C=O) groups is 1. The van der Waals surface area contributed by atoms with Gasteiger partial charge in [-0.25, -0.2) is 4.39 Å². The van der Waals surface area contributed by atoms with E-state index in [0.717, 1.165) is 42.2 Å². The van der Waals surface area contributed by atoms with Crippen LogP contribution < -0.4 is 16.0 Å². The van der Waals surface area contributed by atoms with E-state index < -0.39 is 6.30 Å². The largest absolute Gasteiger partial charge is 0.355 e. The van der Waals surface area contributed by atoms with Crippen molar-refractivity contribution in [3.05, 3.63) is 34.9 Å². The smallest absolute Gasteiger partial charge is 0.251 e. The van der Waals surface area contributed by atoms with Crippen LogP contribution in [-0.4, -0.2) is 54.8 Å². The highest BCUT2D eigenvalue weighted by atomic mass is 19.1. The van der Waals surface area contributed by atoms with E-state index in [0.29, 0.717) is 37.4 Å². The van der Waals surface area contributed by atoms with Gasteiger partial charge in [0.2, 0.25) is 0 Å². The van der Waals surface area contributed by atoms with Crippen LogP contribution in [0, 0.1) is 11.8 Å². The SMILES string of the molecule is CCN1C(F)CCC(c2cc(CNC3=NCCN3)cc(C(=O)NC(C3CC3)C3CC3)c2)C1C. The van der Waals surface area contributed by atoms with Crippen LogP contribution >= 0.6 is 0 Å². The third-order valence-electron chi connectivity index (χ3n) is 7.94. The third kappa shape index (κ3) is 5.18. The molecular weight excluding hydrogens is 417 g/mol. The summed E-state index contributed by atoms with van der Waals surface area (Å²) in [6.07, 6.45) is 5.42. The minimum Gasteiger partial charge on any atom is -0.355 e. The van der Waals surface area contributed by atoms with Crippen molar-refractivity contribution in [1.82, 2.24) is 20.9 Å². The van der Waals surface area contributed by atoms with Crippen LogP contribution in [0.25, 0.3) is 0 Å². The number of likely N-dealkylation sites (tertiary alicyclic amines) is 1. The van der Waals surface area contributed by atoms with E-state index in [-0.39, 0.29) is 17.9 Å². The molecule has 0 radical (unpaired) electrons. The van der Waals surface area contributed by atoms with Crippen LogP contribution in [0.1, 0.15) is 79.8 Å². The second kappa shape index (κ2) is 9.61. The number of hydrogen-bond donors (Lipinski definition) is 3. The van der Waals surface area contributed by atoms with E-state index in [2.05, 4.69) is 40.0 Å². The number of halogens is 1. The second-order valence-corrected chi connectivity index (χ2v) is 10.3. The summed E-state index contributed by atoms with van der Waals surface area (Å²) < 4.78 is 14.5. The Labute approximate surface area is 196 Å². The number of aliphatic imine (C=N–C) groups is 1. The molecule has 0 bridgehead atoms. The molecule has 1 amide bonds. The second-order valence-electron chi connectivity index (χ2n) is 10.3. The lowest BCUT2D eigenvalue weighted by atomic mass is 9.82. The van der Waals surface area contributed by atoms with Crippen LogP contribution in [0.3, 0.4) is 0 Å². The Balaban J connectivity index is 1.39. The van der Waals surface area contributed by atoms with E-state index >= 15 is 0 Å². The van der Waals surface area contributed by atoms with Crippen molar-refractivity contribution >= 4 is 11.9 Å². The summed E-state index contributed by atoms with van der Waals surface area (Å²) in [5, 5.41) is 9.99. The van der Waals surface area contributed by atoms with Crippen LogP contribution in [0.15, 0.2) is 23.2 Å². The van der Waals surface area contributed by atoms with E-state index in [9.17, 15) is 9.18 Å². The van der Waals surface area contributed by atoms with Crippen molar-refractivity contribution in [2.24, 2.45) is 16.8 Å². The van der Waals surface area contributed by atoms with Crippen molar-refractivity contribution in [2.75, 3.05) is 19.6 Å². The van der Waals surface area contributed by atoms with Gasteiger partial charge in [-0.1, -0.05) is 13.0 Å². The first-order valence-electron chi connectivity index (χ1n) is 12.9. The zero-order valence-corrected chi connectivity index (χ0v) is 19.9. The number of guanidine groups is 1. The first-order valence-corrected chi connectivity index (χ1v) is 12.9. The first kappa shape index (κ1) is 22.6. The van der Waals surface area contributed by atoms with Crippen molar-refractivity contribution in [2.45, 2.75) is 83.2 Å². The summed E-state index contributed by atoms with van der Waals surface area (Å²) in [6.45, 7) is 7.10. The van der Waals surface area contributed by atoms with Crippen molar-refractivity contribution in [3.8, 4) is 0 Å². The van der Waals surface area contributed by atoms with E-state index in [1.54, 1.807) is 0 Å². The Hall–Kier alpha value is -2.15. The number of rotatable bonds is 8. The summed E-state index contributed by atoms with van der Waals surface area (Å²) >= 11 is 0. The van der Waals surface area contributed by atoms with E-state index in [4.69, 9.17) is 0 Å². The summed E-state index contributed by atoms with van der Waals surface area (Å²) in [5.74, 6) is 2.40. The van der Waals surface area contributed by atoms with E-state index in [1.165, 1.54) is 25.7 Å². The fraction of sp³-hybridized carbons (Fsp3) is 0.692. The molecule has 33 heavy (non-hydrogen) atoms. The average molecular weight is 456 g/mol. The summed E-state index contributed by atoms with van der Waals surface area (Å²) in [6, 6.07) is 6.71. The number of benzene rings is 1. The number of piperidine rings is 1. The van der Waals surface area contributed by atoms with Crippen molar-refractivity contribution in [3.63, 3.8) is 0 Å². The van der Waals surface area contributed by atoms with Crippen LogP contribution in [0.5, 0.6) is 0 Å². The van der Waals surface area contributed by atoms with Gasteiger partial charge in [-0.2, -0.15) is 0 Å². The summed E-state index contributed by atoms with van der Waals surface area (Å²) in [5.41, 5.74) is 2.95.